The molecule has 0 unspecified atom stereocenters. The summed E-state index contributed by atoms with van der Waals surface area (Å²) in [4.78, 5) is 22.3. The SMILES string of the molecule is Cc1cc(C)n(CCC(=O)N(Cc2cc3ccc(F)cc3nc2N2CCOCC2)C2CC2)n1. The van der Waals surface area contributed by atoms with E-state index in [0.29, 0.717) is 38.2 Å². The van der Waals surface area contributed by atoms with E-state index in [1.807, 2.05) is 29.5 Å². The molecular formula is C25H30FN5O2. The molecular weight excluding hydrogens is 421 g/mol. The normalized spacial score (nSPS) is 16.4. The van der Waals surface area contributed by atoms with E-state index < -0.39 is 0 Å². The fourth-order valence-electron chi connectivity index (χ4n) is 4.58. The molecule has 1 aliphatic heterocycles. The second-order valence-corrected chi connectivity index (χ2v) is 9.06. The molecule has 33 heavy (non-hydrogen) atoms. The van der Waals surface area contributed by atoms with Gasteiger partial charge in [0.25, 0.3) is 0 Å². The highest BCUT2D eigenvalue weighted by molar-refractivity contribution is 5.83. The molecule has 7 nitrogen and oxygen atoms in total. The van der Waals surface area contributed by atoms with Gasteiger partial charge in [-0.25, -0.2) is 9.37 Å². The number of halogens is 1. The largest absolute Gasteiger partial charge is 0.378 e. The van der Waals surface area contributed by atoms with Crippen LogP contribution in [0.4, 0.5) is 10.2 Å². The van der Waals surface area contributed by atoms with Crippen molar-refractivity contribution < 1.29 is 13.9 Å². The fraction of sp³-hybridized carbons (Fsp3) is 0.480. The average molecular weight is 452 g/mol. The molecule has 174 valence electrons. The van der Waals surface area contributed by atoms with Gasteiger partial charge in [-0.3, -0.25) is 9.48 Å². The fourth-order valence-corrected chi connectivity index (χ4v) is 4.58. The predicted molar refractivity (Wildman–Crippen MR) is 125 cm³/mol. The molecule has 1 saturated carbocycles. The first-order valence-corrected chi connectivity index (χ1v) is 11.7. The van der Waals surface area contributed by atoms with Gasteiger partial charge in [0.05, 0.1) is 24.4 Å². The maximum atomic E-state index is 13.9. The predicted octanol–water partition coefficient (Wildman–Crippen LogP) is 3.61. The summed E-state index contributed by atoms with van der Waals surface area (Å²) in [6.07, 6.45) is 2.48. The molecule has 3 aromatic rings. The second kappa shape index (κ2) is 9.09. The van der Waals surface area contributed by atoms with Gasteiger partial charge in [0.15, 0.2) is 0 Å². The first kappa shape index (κ1) is 21.8. The van der Waals surface area contributed by atoms with Crippen molar-refractivity contribution in [3.8, 4) is 0 Å². The summed E-state index contributed by atoms with van der Waals surface area (Å²) >= 11 is 0. The molecule has 3 heterocycles. The Morgan fingerprint density at radius 2 is 1.97 bits per heavy atom. The third-order valence-corrected chi connectivity index (χ3v) is 6.44. The van der Waals surface area contributed by atoms with Crippen LogP contribution in [0, 0.1) is 19.7 Å². The average Bonchev–Trinajstić information content (AvgIpc) is 3.59. The zero-order chi connectivity index (χ0) is 22.9. The van der Waals surface area contributed by atoms with Crippen LogP contribution in [0.3, 0.4) is 0 Å². The van der Waals surface area contributed by atoms with Crippen molar-refractivity contribution in [2.75, 3.05) is 31.2 Å². The number of pyridine rings is 1. The minimum atomic E-state index is -0.297. The van der Waals surface area contributed by atoms with Crippen LogP contribution in [0.15, 0.2) is 30.3 Å². The number of anilines is 1. The third kappa shape index (κ3) is 4.85. The number of amides is 1. The van der Waals surface area contributed by atoms with Crippen LogP contribution in [-0.4, -0.2) is 57.9 Å². The van der Waals surface area contributed by atoms with Crippen molar-refractivity contribution in [1.29, 1.82) is 0 Å². The quantitative estimate of drug-likeness (QED) is 0.549. The van der Waals surface area contributed by atoms with Crippen LogP contribution in [0.1, 0.15) is 36.2 Å². The number of aryl methyl sites for hydroxylation is 3. The van der Waals surface area contributed by atoms with Crippen molar-refractivity contribution >= 4 is 22.6 Å². The molecule has 2 aliphatic rings. The van der Waals surface area contributed by atoms with E-state index in [0.717, 1.165) is 54.1 Å². The molecule has 1 saturated heterocycles. The lowest BCUT2D eigenvalue weighted by Gasteiger charge is -2.31. The summed E-state index contributed by atoms with van der Waals surface area (Å²) in [5, 5.41) is 5.37. The van der Waals surface area contributed by atoms with E-state index in [4.69, 9.17) is 9.72 Å². The first-order chi connectivity index (χ1) is 16.0. The number of carbonyl (C=O) groups excluding carboxylic acids is 1. The van der Waals surface area contributed by atoms with Crippen molar-refractivity contribution in [3.05, 3.63) is 53.1 Å². The van der Waals surface area contributed by atoms with Gasteiger partial charge in [0, 0.05) is 61.4 Å². The number of carbonyl (C=O) groups is 1. The van der Waals surface area contributed by atoms with Gasteiger partial charge in [0.1, 0.15) is 11.6 Å². The van der Waals surface area contributed by atoms with Crippen LogP contribution < -0.4 is 4.90 Å². The van der Waals surface area contributed by atoms with E-state index >= 15 is 0 Å². The molecule has 0 spiro atoms. The lowest BCUT2D eigenvalue weighted by Crippen LogP contribution is -2.39. The van der Waals surface area contributed by atoms with Gasteiger partial charge in [-0.1, -0.05) is 0 Å². The van der Waals surface area contributed by atoms with Crippen LogP contribution in [0.25, 0.3) is 10.9 Å². The van der Waals surface area contributed by atoms with Crippen LogP contribution in [-0.2, 0) is 22.6 Å². The monoisotopic (exact) mass is 451 g/mol. The maximum Gasteiger partial charge on any atom is 0.224 e. The molecule has 2 fully saturated rings. The highest BCUT2D eigenvalue weighted by Gasteiger charge is 2.33. The Kier molecular flexibility index (Phi) is 6.01. The van der Waals surface area contributed by atoms with Gasteiger partial charge in [-0.05, 0) is 51.0 Å². The number of rotatable bonds is 7. The topological polar surface area (TPSA) is 63.5 Å². The molecule has 8 heteroatoms. The Balaban J connectivity index is 1.41. The number of fused-ring (bicyclic) bond motifs is 1. The summed E-state index contributed by atoms with van der Waals surface area (Å²) in [5.74, 6) is 0.667. The Bertz CT molecular complexity index is 1170. The Morgan fingerprint density at radius 1 is 1.18 bits per heavy atom. The minimum absolute atomic E-state index is 0.136. The summed E-state index contributed by atoms with van der Waals surface area (Å²) in [5.41, 5.74) is 3.67. The lowest BCUT2D eigenvalue weighted by molar-refractivity contribution is -0.132. The second-order valence-electron chi connectivity index (χ2n) is 9.06. The van der Waals surface area contributed by atoms with E-state index in [1.54, 1.807) is 6.07 Å². The molecule has 1 aromatic carbocycles. The first-order valence-electron chi connectivity index (χ1n) is 11.7. The summed E-state index contributed by atoms with van der Waals surface area (Å²) in [6.45, 7) is 7.80. The van der Waals surface area contributed by atoms with Crippen molar-refractivity contribution in [2.45, 2.75) is 52.2 Å². The number of ether oxygens (including phenoxy) is 1. The zero-order valence-corrected chi connectivity index (χ0v) is 19.3. The number of hydrogen-bond acceptors (Lipinski definition) is 5. The molecule has 1 aliphatic carbocycles. The minimum Gasteiger partial charge on any atom is -0.378 e. The van der Waals surface area contributed by atoms with Crippen molar-refractivity contribution in [2.24, 2.45) is 0 Å². The number of nitrogens with zero attached hydrogens (tertiary/aromatic N) is 5. The van der Waals surface area contributed by atoms with Gasteiger partial charge >= 0.3 is 0 Å². The van der Waals surface area contributed by atoms with Crippen LogP contribution in [0.5, 0.6) is 0 Å². The maximum absolute atomic E-state index is 13.9. The Labute approximate surface area is 193 Å². The van der Waals surface area contributed by atoms with E-state index in [-0.39, 0.29) is 17.8 Å². The third-order valence-electron chi connectivity index (χ3n) is 6.44. The molecule has 1 amide bonds. The Hall–Kier alpha value is -3.00. The molecule has 0 atom stereocenters. The van der Waals surface area contributed by atoms with Gasteiger partial charge in [0.2, 0.25) is 5.91 Å². The lowest BCUT2D eigenvalue weighted by atomic mass is 10.1. The van der Waals surface area contributed by atoms with E-state index in [1.165, 1.54) is 12.1 Å². The number of aromatic nitrogens is 3. The number of morpholine rings is 1. The van der Waals surface area contributed by atoms with Gasteiger partial charge in [-0.15, -0.1) is 0 Å². The summed E-state index contributed by atoms with van der Waals surface area (Å²) in [7, 11) is 0. The molecule has 0 bridgehead atoms. The van der Waals surface area contributed by atoms with Crippen LogP contribution in [0.2, 0.25) is 0 Å². The zero-order valence-electron chi connectivity index (χ0n) is 19.3. The highest BCUT2D eigenvalue weighted by atomic mass is 19.1. The summed E-state index contributed by atoms with van der Waals surface area (Å²) in [6, 6.07) is 9.06. The van der Waals surface area contributed by atoms with Crippen molar-refractivity contribution in [3.63, 3.8) is 0 Å². The number of hydrogen-bond donors (Lipinski definition) is 0. The molecule has 0 radical (unpaired) electrons. The standard InChI is InChI=1S/C25H30FN5O2/c1-17-13-18(2)31(28-17)8-7-24(32)30(22-5-6-22)16-20-14-19-3-4-21(26)15-23(19)27-25(20)29-9-11-33-12-10-29/h3-4,13-15,22H,5-12,16H2,1-2H3. The van der Waals surface area contributed by atoms with Crippen LogP contribution >= 0.6 is 0 Å². The Morgan fingerprint density at radius 3 is 2.67 bits per heavy atom. The van der Waals surface area contributed by atoms with Gasteiger partial charge in [-0.2, -0.15) is 5.10 Å². The summed E-state index contributed by atoms with van der Waals surface area (Å²) < 4.78 is 21.3. The van der Waals surface area contributed by atoms with E-state index in [2.05, 4.69) is 16.1 Å². The molecule has 5 rings (SSSR count). The van der Waals surface area contributed by atoms with E-state index in [9.17, 15) is 9.18 Å². The van der Waals surface area contributed by atoms with Crippen molar-refractivity contribution in [1.82, 2.24) is 19.7 Å². The molecule has 2 aromatic heterocycles. The molecule has 0 N–H and O–H groups in total. The number of benzene rings is 1. The smallest absolute Gasteiger partial charge is 0.224 e. The van der Waals surface area contributed by atoms with Gasteiger partial charge < -0.3 is 14.5 Å². The highest BCUT2D eigenvalue weighted by Crippen LogP contribution is 2.32.